The zero-order chi connectivity index (χ0) is 20.9. The quantitative estimate of drug-likeness (QED) is 0.400. The standard InChI is InChI=1S/C23H19ClN4OS/c1-16-10-12-17(13-11-16)22-26-27-23(28(22)20-8-3-2-4-9-20)30-15-21(29)25-19-7-5-6-18(24)14-19/h2-14H,15H2,1H3,(H,25,29). The number of aryl methyl sites for hydroxylation is 1. The highest BCUT2D eigenvalue weighted by molar-refractivity contribution is 7.99. The molecule has 0 aliphatic rings. The normalized spacial score (nSPS) is 10.7. The predicted octanol–water partition coefficient (Wildman–Crippen LogP) is 5.63. The van der Waals surface area contributed by atoms with Crippen LogP contribution in [0.15, 0.2) is 84.0 Å². The molecule has 0 aliphatic heterocycles. The first-order valence-electron chi connectivity index (χ1n) is 9.36. The van der Waals surface area contributed by atoms with Gasteiger partial charge in [0.1, 0.15) is 0 Å². The number of rotatable bonds is 6. The van der Waals surface area contributed by atoms with Crippen LogP contribution < -0.4 is 5.32 Å². The molecular formula is C23H19ClN4OS. The summed E-state index contributed by atoms with van der Waals surface area (Å²) in [6, 6.07) is 25.1. The minimum atomic E-state index is -0.137. The van der Waals surface area contributed by atoms with Crippen molar-refractivity contribution < 1.29 is 4.79 Å². The lowest BCUT2D eigenvalue weighted by Crippen LogP contribution is -2.14. The molecule has 0 bridgehead atoms. The minimum Gasteiger partial charge on any atom is -0.325 e. The van der Waals surface area contributed by atoms with Gasteiger partial charge in [0.2, 0.25) is 5.91 Å². The van der Waals surface area contributed by atoms with E-state index in [2.05, 4.69) is 15.5 Å². The molecule has 150 valence electrons. The number of hydrogen-bond acceptors (Lipinski definition) is 4. The number of benzene rings is 3. The molecule has 5 nitrogen and oxygen atoms in total. The lowest BCUT2D eigenvalue weighted by atomic mass is 10.1. The molecule has 0 aliphatic carbocycles. The Kier molecular flexibility index (Phi) is 6.16. The van der Waals surface area contributed by atoms with Crippen molar-refractivity contribution in [2.24, 2.45) is 0 Å². The van der Waals surface area contributed by atoms with Crippen LogP contribution in [-0.2, 0) is 4.79 Å². The maximum Gasteiger partial charge on any atom is 0.234 e. The van der Waals surface area contributed by atoms with Crippen LogP contribution in [0, 0.1) is 6.92 Å². The number of nitrogens with one attached hydrogen (secondary N) is 1. The molecule has 3 aromatic carbocycles. The Labute approximate surface area is 184 Å². The molecule has 1 aromatic heterocycles. The van der Waals surface area contributed by atoms with E-state index in [4.69, 9.17) is 11.6 Å². The molecule has 1 amide bonds. The van der Waals surface area contributed by atoms with Gasteiger partial charge >= 0.3 is 0 Å². The monoisotopic (exact) mass is 434 g/mol. The molecular weight excluding hydrogens is 416 g/mol. The molecule has 30 heavy (non-hydrogen) atoms. The van der Waals surface area contributed by atoms with Crippen molar-refractivity contribution >= 4 is 35.0 Å². The van der Waals surface area contributed by atoms with Gasteiger partial charge in [0, 0.05) is 22.0 Å². The molecule has 1 N–H and O–H groups in total. The van der Waals surface area contributed by atoms with Crippen LogP contribution in [0.5, 0.6) is 0 Å². The number of nitrogens with zero attached hydrogens (tertiary/aromatic N) is 3. The van der Waals surface area contributed by atoms with Crippen LogP contribution in [0.2, 0.25) is 5.02 Å². The maximum absolute atomic E-state index is 12.4. The van der Waals surface area contributed by atoms with Gasteiger partial charge in [-0.05, 0) is 37.3 Å². The summed E-state index contributed by atoms with van der Waals surface area (Å²) in [6.45, 7) is 2.05. The molecule has 0 fully saturated rings. The molecule has 7 heteroatoms. The van der Waals surface area contributed by atoms with Gasteiger partial charge in [0.05, 0.1) is 5.75 Å². The number of halogens is 1. The Morgan fingerprint density at radius 3 is 2.50 bits per heavy atom. The lowest BCUT2D eigenvalue weighted by Gasteiger charge is -2.10. The molecule has 1 heterocycles. The van der Waals surface area contributed by atoms with Crippen LogP contribution in [0.3, 0.4) is 0 Å². The van der Waals surface area contributed by atoms with Gasteiger partial charge in [0.25, 0.3) is 0 Å². The Morgan fingerprint density at radius 1 is 1.00 bits per heavy atom. The fourth-order valence-electron chi connectivity index (χ4n) is 2.96. The second-order valence-corrected chi connectivity index (χ2v) is 8.07. The summed E-state index contributed by atoms with van der Waals surface area (Å²) in [5.74, 6) is 0.798. The number of thioether (sulfide) groups is 1. The van der Waals surface area contributed by atoms with Crippen LogP contribution >= 0.6 is 23.4 Å². The Balaban J connectivity index is 1.58. The first-order valence-corrected chi connectivity index (χ1v) is 10.7. The summed E-state index contributed by atoms with van der Waals surface area (Å²) in [6.07, 6.45) is 0. The number of para-hydroxylation sites is 1. The van der Waals surface area contributed by atoms with Crippen molar-refractivity contribution in [3.05, 3.63) is 89.4 Å². The Hall–Kier alpha value is -3.09. The zero-order valence-electron chi connectivity index (χ0n) is 16.2. The third kappa shape index (κ3) is 4.72. The number of amides is 1. The highest BCUT2D eigenvalue weighted by atomic mass is 35.5. The van der Waals surface area contributed by atoms with Gasteiger partial charge in [0.15, 0.2) is 11.0 Å². The van der Waals surface area contributed by atoms with Crippen LogP contribution in [-0.4, -0.2) is 26.4 Å². The fraction of sp³-hybridized carbons (Fsp3) is 0.0870. The summed E-state index contributed by atoms with van der Waals surface area (Å²) in [5.41, 5.74) is 3.75. The van der Waals surface area contributed by atoms with Gasteiger partial charge in [-0.25, -0.2) is 0 Å². The SMILES string of the molecule is Cc1ccc(-c2nnc(SCC(=O)Nc3cccc(Cl)c3)n2-c2ccccc2)cc1. The second kappa shape index (κ2) is 9.15. The highest BCUT2D eigenvalue weighted by Gasteiger charge is 2.17. The largest absolute Gasteiger partial charge is 0.325 e. The lowest BCUT2D eigenvalue weighted by molar-refractivity contribution is -0.113. The summed E-state index contributed by atoms with van der Waals surface area (Å²) < 4.78 is 1.97. The summed E-state index contributed by atoms with van der Waals surface area (Å²) in [5, 5.41) is 12.9. The number of anilines is 1. The van der Waals surface area contributed by atoms with E-state index < -0.39 is 0 Å². The van der Waals surface area contributed by atoms with Gasteiger partial charge in [-0.2, -0.15) is 0 Å². The molecule has 4 rings (SSSR count). The number of hydrogen-bond donors (Lipinski definition) is 1. The second-order valence-electron chi connectivity index (χ2n) is 6.69. The van der Waals surface area contributed by atoms with Gasteiger partial charge < -0.3 is 5.32 Å². The summed E-state index contributed by atoms with van der Waals surface area (Å²) in [7, 11) is 0. The molecule has 0 radical (unpaired) electrons. The van der Waals surface area contributed by atoms with Gasteiger partial charge in [-0.3, -0.25) is 9.36 Å². The third-order valence-corrected chi connectivity index (χ3v) is 5.56. The smallest absolute Gasteiger partial charge is 0.234 e. The van der Waals surface area contributed by atoms with E-state index in [0.717, 1.165) is 17.1 Å². The van der Waals surface area contributed by atoms with Crippen molar-refractivity contribution in [1.29, 1.82) is 0 Å². The van der Waals surface area contributed by atoms with Crippen molar-refractivity contribution in [1.82, 2.24) is 14.8 Å². The number of carbonyl (C=O) groups is 1. The van der Waals surface area contributed by atoms with Crippen molar-refractivity contribution in [2.75, 3.05) is 11.1 Å². The molecule has 0 saturated heterocycles. The van der Waals surface area contributed by atoms with E-state index >= 15 is 0 Å². The van der Waals surface area contributed by atoms with Crippen LogP contribution in [0.1, 0.15) is 5.56 Å². The topological polar surface area (TPSA) is 59.8 Å². The zero-order valence-corrected chi connectivity index (χ0v) is 17.8. The van der Waals surface area contributed by atoms with Crippen molar-refractivity contribution in [3.63, 3.8) is 0 Å². The van der Waals surface area contributed by atoms with E-state index in [1.54, 1.807) is 24.3 Å². The predicted molar refractivity (Wildman–Crippen MR) is 122 cm³/mol. The molecule has 0 saturated carbocycles. The van der Waals surface area contributed by atoms with Crippen LogP contribution in [0.4, 0.5) is 5.69 Å². The van der Waals surface area contributed by atoms with Crippen molar-refractivity contribution in [2.45, 2.75) is 12.1 Å². The van der Waals surface area contributed by atoms with Gasteiger partial charge in [-0.1, -0.05) is 77.5 Å². The average Bonchev–Trinajstić information content (AvgIpc) is 3.17. The molecule has 4 aromatic rings. The first kappa shape index (κ1) is 20.2. The molecule has 0 atom stereocenters. The highest BCUT2D eigenvalue weighted by Crippen LogP contribution is 2.28. The third-order valence-electron chi connectivity index (χ3n) is 4.40. The molecule has 0 spiro atoms. The van der Waals surface area contributed by atoms with E-state index in [9.17, 15) is 4.79 Å². The van der Waals surface area contributed by atoms with Crippen LogP contribution in [0.25, 0.3) is 17.1 Å². The van der Waals surface area contributed by atoms with Crippen molar-refractivity contribution in [3.8, 4) is 17.1 Å². The van der Waals surface area contributed by atoms with Gasteiger partial charge in [-0.15, -0.1) is 10.2 Å². The van der Waals surface area contributed by atoms with E-state index in [-0.39, 0.29) is 11.7 Å². The number of aromatic nitrogens is 3. The van der Waals surface area contributed by atoms with E-state index in [0.29, 0.717) is 15.9 Å². The number of carbonyl (C=O) groups excluding carboxylic acids is 1. The Bertz CT molecular complexity index is 1160. The summed E-state index contributed by atoms with van der Waals surface area (Å²) in [4.78, 5) is 12.4. The average molecular weight is 435 g/mol. The molecule has 0 unspecified atom stereocenters. The maximum atomic E-state index is 12.4. The van der Waals surface area contributed by atoms with E-state index in [1.807, 2.05) is 66.1 Å². The fourth-order valence-corrected chi connectivity index (χ4v) is 3.90. The minimum absolute atomic E-state index is 0.137. The van der Waals surface area contributed by atoms with E-state index in [1.165, 1.54) is 17.3 Å². The summed E-state index contributed by atoms with van der Waals surface area (Å²) >= 11 is 7.32. The first-order chi connectivity index (χ1) is 14.6. The Morgan fingerprint density at radius 2 is 1.77 bits per heavy atom.